The fourth-order valence-corrected chi connectivity index (χ4v) is 1.96. The molecular formula is C14H17N3O2. The zero-order valence-corrected chi connectivity index (χ0v) is 11.2. The molecule has 0 aliphatic rings. The smallest absolute Gasteiger partial charge is 0.163 e. The van der Waals surface area contributed by atoms with Gasteiger partial charge in [-0.25, -0.2) is 0 Å². The van der Waals surface area contributed by atoms with Crippen LogP contribution in [0.4, 0.5) is 0 Å². The molecule has 1 aromatic heterocycles. The maximum Gasteiger partial charge on any atom is 0.163 e. The molecule has 1 heterocycles. The van der Waals surface area contributed by atoms with Crippen LogP contribution in [-0.2, 0) is 6.54 Å². The number of ketones is 1. The van der Waals surface area contributed by atoms with Crippen LogP contribution in [0.5, 0.6) is 5.75 Å². The van der Waals surface area contributed by atoms with Crippen LogP contribution in [0.3, 0.4) is 0 Å². The van der Waals surface area contributed by atoms with Crippen LogP contribution < -0.4 is 4.74 Å². The second-order valence-corrected chi connectivity index (χ2v) is 4.37. The molecule has 2 aromatic rings. The first kappa shape index (κ1) is 13.3. The van der Waals surface area contributed by atoms with Gasteiger partial charge < -0.3 is 4.74 Å². The van der Waals surface area contributed by atoms with Gasteiger partial charge in [0.05, 0.1) is 13.3 Å². The number of carbonyl (C=O) groups excluding carboxylic acids is 1. The van der Waals surface area contributed by atoms with Crippen LogP contribution in [0.15, 0.2) is 30.6 Å². The number of methoxy groups -OCH3 is 1. The van der Waals surface area contributed by atoms with E-state index in [-0.39, 0.29) is 5.78 Å². The first-order valence-electron chi connectivity index (χ1n) is 6.22. The van der Waals surface area contributed by atoms with Gasteiger partial charge in [-0.3, -0.25) is 9.48 Å². The summed E-state index contributed by atoms with van der Waals surface area (Å²) in [7, 11) is 1.62. The molecule has 5 nitrogen and oxygen atoms in total. The third-order valence-electron chi connectivity index (χ3n) is 3.00. The van der Waals surface area contributed by atoms with Gasteiger partial charge in [0, 0.05) is 24.7 Å². The van der Waals surface area contributed by atoms with Crippen molar-refractivity contribution in [2.45, 2.75) is 26.3 Å². The molecule has 0 saturated heterocycles. The molecule has 2 rings (SSSR count). The molecule has 1 aromatic carbocycles. The van der Waals surface area contributed by atoms with Crippen molar-refractivity contribution in [3.63, 3.8) is 0 Å². The topological polar surface area (TPSA) is 57.0 Å². The highest BCUT2D eigenvalue weighted by molar-refractivity contribution is 5.97. The van der Waals surface area contributed by atoms with Gasteiger partial charge in [0.1, 0.15) is 5.75 Å². The van der Waals surface area contributed by atoms with Gasteiger partial charge in [0.15, 0.2) is 5.78 Å². The van der Waals surface area contributed by atoms with Crippen molar-refractivity contribution in [1.29, 1.82) is 0 Å². The van der Waals surface area contributed by atoms with Crippen molar-refractivity contribution in [3.05, 3.63) is 41.7 Å². The summed E-state index contributed by atoms with van der Waals surface area (Å²) in [6, 6.07) is 5.52. The Kier molecular flexibility index (Phi) is 4.28. The molecule has 0 spiro atoms. The maximum absolute atomic E-state index is 12.1. The molecule has 19 heavy (non-hydrogen) atoms. The fraction of sp³-hybridized carbons (Fsp3) is 0.357. The minimum atomic E-state index is 0.153. The molecule has 0 unspecified atom stereocenters. The lowest BCUT2D eigenvalue weighted by molar-refractivity contribution is 0.0977. The maximum atomic E-state index is 12.1. The quantitative estimate of drug-likeness (QED) is 0.747. The summed E-state index contributed by atoms with van der Waals surface area (Å²) in [6.45, 7) is 2.63. The molecule has 0 aliphatic carbocycles. The van der Waals surface area contributed by atoms with E-state index in [1.54, 1.807) is 24.2 Å². The number of aryl methyl sites for hydroxylation is 2. The van der Waals surface area contributed by atoms with Crippen LogP contribution in [0, 0.1) is 6.92 Å². The number of hydrogen-bond acceptors (Lipinski definition) is 4. The van der Waals surface area contributed by atoms with E-state index in [4.69, 9.17) is 4.74 Å². The van der Waals surface area contributed by atoms with Gasteiger partial charge in [-0.1, -0.05) is 5.21 Å². The van der Waals surface area contributed by atoms with Crippen molar-refractivity contribution in [2.24, 2.45) is 0 Å². The van der Waals surface area contributed by atoms with Crippen LogP contribution in [0.2, 0.25) is 0 Å². The van der Waals surface area contributed by atoms with E-state index in [2.05, 4.69) is 10.3 Å². The first-order valence-corrected chi connectivity index (χ1v) is 6.22. The van der Waals surface area contributed by atoms with Crippen molar-refractivity contribution in [1.82, 2.24) is 15.0 Å². The number of Topliss-reactive ketones (excluding diaryl/α,β-unsaturated/α-hetero) is 1. The largest absolute Gasteiger partial charge is 0.497 e. The molecule has 0 amide bonds. The highest BCUT2D eigenvalue weighted by Crippen LogP contribution is 2.18. The Morgan fingerprint density at radius 3 is 2.89 bits per heavy atom. The predicted octanol–water partition coefficient (Wildman–Crippen LogP) is 2.26. The Hall–Kier alpha value is -2.17. The van der Waals surface area contributed by atoms with Gasteiger partial charge in [-0.2, -0.15) is 0 Å². The monoisotopic (exact) mass is 259 g/mol. The van der Waals surface area contributed by atoms with Gasteiger partial charge in [-0.05, 0) is 37.1 Å². The van der Waals surface area contributed by atoms with E-state index in [1.165, 1.54) is 0 Å². The number of benzene rings is 1. The molecule has 0 bridgehead atoms. The van der Waals surface area contributed by atoms with Crippen LogP contribution in [-0.4, -0.2) is 27.9 Å². The number of ether oxygens (including phenoxy) is 1. The molecule has 5 heteroatoms. The number of aromatic nitrogens is 3. The highest BCUT2D eigenvalue weighted by Gasteiger charge is 2.09. The highest BCUT2D eigenvalue weighted by atomic mass is 16.5. The van der Waals surface area contributed by atoms with Crippen molar-refractivity contribution >= 4 is 5.78 Å². The Morgan fingerprint density at radius 1 is 1.42 bits per heavy atom. The summed E-state index contributed by atoms with van der Waals surface area (Å²) >= 11 is 0. The number of rotatable bonds is 6. The Balaban J connectivity index is 1.92. The summed E-state index contributed by atoms with van der Waals surface area (Å²) in [5, 5.41) is 7.59. The zero-order chi connectivity index (χ0) is 13.7. The minimum absolute atomic E-state index is 0.153. The van der Waals surface area contributed by atoms with E-state index in [0.717, 1.165) is 23.3 Å². The Labute approximate surface area is 112 Å². The average Bonchev–Trinajstić information content (AvgIpc) is 2.91. The second-order valence-electron chi connectivity index (χ2n) is 4.37. The Bertz CT molecular complexity index is 550. The second kappa shape index (κ2) is 6.13. The summed E-state index contributed by atoms with van der Waals surface area (Å²) < 4.78 is 6.86. The third kappa shape index (κ3) is 3.40. The molecule has 0 fully saturated rings. The van der Waals surface area contributed by atoms with Crippen LogP contribution >= 0.6 is 0 Å². The lowest BCUT2D eigenvalue weighted by Crippen LogP contribution is -2.05. The SMILES string of the molecule is COc1ccc(C(=O)CCCn2ccnn2)c(C)c1. The summed E-state index contributed by atoms with van der Waals surface area (Å²) in [5.41, 5.74) is 1.71. The molecule has 0 atom stereocenters. The number of hydrogen-bond donors (Lipinski definition) is 0. The van der Waals surface area contributed by atoms with Crippen molar-refractivity contribution < 1.29 is 9.53 Å². The molecule has 100 valence electrons. The van der Waals surface area contributed by atoms with E-state index in [0.29, 0.717) is 13.0 Å². The number of nitrogens with zero attached hydrogens (tertiary/aromatic N) is 3. The normalized spacial score (nSPS) is 10.4. The van der Waals surface area contributed by atoms with E-state index in [1.807, 2.05) is 25.1 Å². The van der Waals surface area contributed by atoms with Crippen LogP contribution in [0.25, 0.3) is 0 Å². The Morgan fingerprint density at radius 2 is 2.26 bits per heavy atom. The lowest BCUT2D eigenvalue weighted by Gasteiger charge is -2.07. The van der Waals surface area contributed by atoms with E-state index in [9.17, 15) is 4.79 Å². The standard InChI is InChI=1S/C14H17N3O2/c1-11-10-12(19-2)5-6-13(11)14(18)4-3-8-17-9-7-15-16-17/h5-7,9-10H,3-4,8H2,1-2H3. The van der Waals surface area contributed by atoms with E-state index < -0.39 is 0 Å². The van der Waals surface area contributed by atoms with E-state index >= 15 is 0 Å². The van der Waals surface area contributed by atoms with Crippen molar-refractivity contribution in [3.8, 4) is 5.75 Å². The summed E-state index contributed by atoms with van der Waals surface area (Å²) in [4.78, 5) is 12.1. The average molecular weight is 259 g/mol. The molecular weight excluding hydrogens is 242 g/mol. The third-order valence-corrected chi connectivity index (χ3v) is 3.00. The molecule has 0 N–H and O–H groups in total. The number of carbonyl (C=O) groups is 1. The van der Waals surface area contributed by atoms with Gasteiger partial charge in [-0.15, -0.1) is 5.10 Å². The summed E-state index contributed by atoms with van der Waals surface area (Å²) in [6.07, 6.45) is 4.69. The zero-order valence-electron chi connectivity index (χ0n) is 11.2. The molecule has 0 radical (unpaired) electrons. The van der Waals surface area contributed by atoms with Gasteiger partial charge in [0.25, 0.3) is 0 Å². The van der Waals surface area contributed by atoms with Crippen LogP contribution in [0.1, 0.15) is 28.8 Å². The van der Waals surface area contributed by atoms with Gasteiger partial charge in [0.2, 0.25) is 0 Å². The van der Waals surface area contributed by atoms with Crippen molar-refractivity contribution in [2.75, 3.05) is 7.11 Å². The molecule has 0 saturated carbocycles. The molecule has 0 aliphatic heterocycles. The first-order chi connectivity index (χ1) is 9.20. The summed E-state index contributed by atoms with van der Waals surface area (Å²) in [5.74, 6) is 0.928. The lowest BCUT2D eigenvalue weighted by atomic mass is 10.0. The minimum Gasteiger partial charge on any atom is -0.497 e. The van der Waals surface area contributed by atoms with Gasteiger partial charge >= 0.3 is 0 Å². The fourth-order valence-electron chi connectivity index (χ4n) is 1.96. The predicted molar refractivity (Wildman–Crippen MR) is 71.3 cm³/mol.